The lowest BCUT2D eigenvalue weighted by Gasteiger charge is -2.14. The monoisotopic (exact) mass is 333 g/mol. The van der Waals surface area contributed by atoms with Gasteiger partial charge in [-0.05, 0) is 25.0 Å². The highest BCUT2D eigenvalue weighted by molar-refractivity contribution is 5.21. The van der Waals surface area contributed by atoms with Gasteiger partial charge in [0, 0.05) is 0 Å². The second kappa shape index (κ2) is 15.5. The Labute approximate surface area is 150 Å². The van der Waals surface area contributed by atoms with E-state index in [0.29, 0.717) is 0 Å². The van der Waals surface area contributed by atoms with Gasteiger partial charge in [0.15, 0.2) is 0 Å². The Hall–Kier alpha value is -1.02. The van der Waals surface area contributed by atoms with Gasteiger partial charge in [-0.1, -0.05) is 102 Å². The number of unbranched alkanes of at least 4 members (excludes halogenated alkanes) is 12. The van der Waals surface area contributed by atoms with Crippen LogP contribution in [0.3, 0.4) is 0 Å². The van der Waals surface area contributed by atoms with E-state index in [2.05, 4.69) is 6.92 Å². The first kappa shape index (κ1) is 21.0. The molecule has 1 aromatic rings. The zero-order chi connectivity index (χ0) is 17.3. The third-order valence-corrected chi connectivity index (χ3v) is 4.62. The first-order chi connectivity index (χ1) is 11.8. The predicted octanol–water partition coefficient (Wildman–Crippen LogP) is 6.83. The lowest BCUT2D eigenvalue weighted by atomic mass is 10.0. The number of hydrogen-bond acceptors (Lipinski definition) is 2. The molecule has 0 saturated heterocycles. The van der Waals surface area contributed by atoms with E-state index in [4.69, 9.17) is 10.5 Å². The number of ether oxygens (including phenoxy) is 1. The molecule has 0 radical (unpaired) electrons. The lowest BCUT2D eigenvalue weighted by molar-refractivity contribution is 0.194. The van der Waals surface area contributed by atoms with Crippen molar-refractivity contribution in [3.05, 3.63) is 30.3 Å². The van der Waals surface area contributed by atoms with Gasteiger partial charge in [-0.15, -0.1) is 0 Å². The van der Waals surface area contributed by atoms with E-state index in [1.807, 2.05) is 30.3 Å². The lowest BCUT2D eigenvalue weighted by Crippen LogP contribution is -2.26. The first-order valence-electron chi connectivity index (χ1n) is 10.3. The maximum Gasteiger partial charge on any atom is 0.147 e. The second-order valence-electron chi connectivity index (χ2n) is 7.00. The van der Waals surface area contributed by atoms with E-state index in [1.54, 1.807) is 0 Å². The Morgan fingerprint density at radius 1 is 0.708 bits per heavy atom. The molecule has 1 unspecified atom stereocenters. The number of para-hydroxylation sites is 1. The summed E-state index contributed by atoms with van der Waals surface area (Å²) in [5.74, 6) is 0.875. The summed E-state index contributed by atoms with van der Waals surface area (Å²) in [6, 6.07) is 9.87. The zero-order valence-corrected chi connectivity index (χ0v) is 15.8. The molecule has 1 atom stereocenters. The van der Waals surface area contributed by atoms with Gasteiger partial charge in [0.2, 0.25) is 0 Å². The summed E-state index contributed by atoms with van der Waals surface area (Å²) < 4.78 is 5.70. The maximum absolute atomic E-state index is 6.02. The van der Waals surface area contributed by atoms with Crippen molar-refractivity contribution in [3.8, 4) is 5.75 Å². The van der Waals surface area contributed by atoms with Crippen LogP contribution in [0.25, 0.3) is 0 Å². The quantitative estimate of drug-likeness (QED) is 0.266. The number of nitrogens with two attached hydrogens (primary N) is 1. The SMILES string of the molecule is CCCCCCCCCCCCCCCC(N)Oc1ccccc1. The molecule has 0 fully saturated rings. The molecule has 2 nitrogen and oxygen atoms in total. The van der Waals surface area contributed by atoms with Crippen LogP contribution in [0.4, 0.5) is 0 Å². The molecule has 0 saturated carbocycles. The van der Waals surface area contributed by atoms with Gasteiger partial charge in [-0.25, -0.2) is 0 Å². The third-order valence-electron chi connectivity index (χ3n) is 4.62. The molecule has 0 aromatic heterocycles. The minimum absolute atomic E-state index is 0.167. The fourth-order valence-electron chi connectivity index (χ4n) is 3.10. The molecular weight excluding hydrogens is 294 g/mol. The molecule has 1 aromatic carbocycles. The summed E-state index contributed by atoms with van der Waals surface area (Å²) in [5, 5.41) is 0. The van der Waals surface area contributed by atoms with Crippen LogP contribution in [0.5, 0.6) is 5.75 Å². The zero-order valence-electron chi connectivity index (χ0n) is 15.8. The van der Waals surface area contributed by atoms with Crippen molar-refractivity contribution in [1.29, 1.82) is 0 Å². The summed E-state index contributed by atoms with van der Waals surface area (Å²) in [6.45, 7) is 2.28. The van der Waals surface area contributed by atoms with E-state index in [1.165, 1.54) is 83.5 Å². The van der Waals surface area contributed by atoms with E-state index in [-0.39, 0.29) is 6.23 Å². The molecule has 0 aliphatic carbocycles. The van der Waals surface area contributed by atoms with Crippen molar-refractivity contribution < 1.29 is 4.74 Å². The number of rotatable bonds is 16. The van der Waals surface area contributed by atoms with E-state index < -0.39 is 0 Å². The highest BCUT2D eigenvalue weighted by Gasteiger charge is 2.03. The van der Waals surface area contributed by atoms with Gasteiger partial charge in [-0.3, -0.25) is 5.73 Å². The summed E-state index contributed by atoms with van der Waals surface area (Å²) in [7, 11) is 0. The van der Waals surface area contributed by atoms with E-state index in [9.17, 15) is 0 Å². The number of hydrogen-bond donors (Lipinski definition) is 1. The average molecular weight is 334 g/mol. The van der Waals surface area contributed by atoms with Crippen LogP contribution in [-0.4, -0.2) is 6.23 Å². The minimum Gasteiger partial charge on any atom is -0.476 e. The van der Waals surface area contributed by atoms with Crippen LogP contribution in [0.15, 0.2) is 30.3 Å². The topological polar surface area (TPSA) is 35.2 Å². The van der Waals surface area contributed by atoms with E-state index in [0.717, 1.165) is 12.2 Å². The molecule has 2 heteroatoms. The van der Waals surface area contributed by atoms with Gasteiger partial charge >= 0.3 is 0 Å². The third kappa shape index (κ3) is 12.4. The molecule has 138 valence electrons. The molecular formula is C22H39NO. The Morgan fingerprint density at radius 3 is 1.67 bits per heavy atom. The van der Waals surface area contributed by atoms with Crippen molar-refractivity contribution in [1.82, 2.24) is 0 Å². The van der Waals surface area contributed by atoms with Gasteiger partial charge in [0.05, 0.1) is 0 Å². The molecule has 0 aliphatic heterocycles. The molecule has 0 heterocycles. The van der Waals surface area contributed by atoms with Crippen LogP contribution < -0.4 is 10.5 Å². The highest BCUT2D eigenvalue weighted by Crippen LogP contribution is 2.15. The van der Waals surface area contributed by atoms with Crippen LogP contribution >= 0.6 is 0 Å². The largest absolute Gasteiger partial charge is 0.476 e. The molecule has 0 aliphatic rings. The van der Waals surface area contributed by atoms with Gasteiger partial charge in [0.25, 0.3) is 0 Å². The Kier molecular flexibility index (Phi) is 13.6. The fraction of sp³-hybridized carbons (Fsp3) is 0.727. The standard InChI is InChI=1S/C22H39NO/c1-2-3-4-5-6-7-8-9-10-11-12-13-17-20-22(23)24-21-18-15-14-16-19-21/h14-16,18-19,22H,2-13,17,20,23H2,1H3. The van der Waals surface area contributed by atoms with Crippen LogP contribution in [-0.2, 0) is 0 Å². The van der Waals surface area contributed by atoms with E-state index >= 15 is 0 Å². The second-order valence-corrected chi connectivity index (χ2v) is 7.00. The molecule has 0 amide bonds. The van der Waals surface area contributed by atoms with Crippen LogP contribution in [0.2, 0.25) is 0 Å². The van der Waals surface area contributed by atoms with Gasteiger partial charge < -0.3 is 4.74 Å². The molecule has 2 N–H and O–H groups in total. The Bertz CT molecular complexity index is 365. The first-order valence-corrected chi connectivity index (χ1v) is 10.3. The van der Waals surface area contributed by atoms with Crippen molar-refractivity contribution >= 4 is 0 Å². The molecule has 0 bridgehead atoms. The fourth-order valence-corrected chi connectivity index (χ4v) is 3.10. The van der Waals surface area contributed by atoms with Crippen molar-refractivity contribution in [2.45, 2.75) is 103 Å². The normalized spacial score (nSPS) is 12.2. The maximum atomic E-state index is 6.02. The minimum atomic E-state index is -0.167. The van der Waals surface area contributed by atoms with Crippen LogP contribution in [0, 0.1) is 0 Å². The summed E-state index contributed by atoms with van der Waals surface area (Å²) in [5.41, 5.74) is 6.02. The molecule has 0 spiro atoms. The highest BCUT2D eigenvalue weighted by atomic mass is 16.5. The van der Waals surface area contributed by atoms with Crippen molar-refractivity contribution in [2.24, 2.45) is 5.73 Å². The predicted molar refractivity (Wildman–Crippen MR) is 105 cm³/mol. The average Bonchev–Trinajstić information content (AvgIpc) is 2.60. The summed E-state index contributed by atoms with van der Waals surface area (Å²) in [4.78, 5) is 0. The Morgan fingerprint density at radius 2 is 1.17 bits per heavy atom. The van der Waals surface area contributed by atoms with Gasteiger partial charge in [-0.2, -0.15) is 0 Å². The molecule has 1 rings (SSSR count). The summed E-state index contributed by atoms with van der Waals surface area (Å²) in [6.07, 6.45) is 18.7. The molecule has 24 heavy (non-hydrogen) atoms. The summed E-state index contributed by atoms with van der Waals surface area (Å²) >= 11 is 0. The smallest absolute Gasteiger partial charge is 0.147 e. The van der Waals surface area contributed by atoms with Gasteiger partial charge in [0.1, 0.15) is 12.0 Å². The van der Waals surface area contributed by atoms with Crippen LogP contribution in [0.1, 0.15) is 96.8 Å². The van der Waals surface area contributed by atoms with Crippen molar-refractivity contribution in [3.63, 3.8) is 0 Å². The number of benzene rings is 1. The Balaban J connectivity index is 1.80. The van der Waals surface area contributed by atoms with Crippen molar-refractivity contribution in [2.75, 3.05) is 0 Å².